The van der Waals surface area contributed by atoms with Gasteiger partial charge in [0.1, 0.15) is 5.65 Å². The summed E-state index contributed by atoms with van der Waals surface area (Å²) in [7, 11) is 5.94. The molecule has 0 radical (unpaired) electrons. The Morgan fingerprint density at radius 3 is 2.50 bits per heavy atom. The Labute approximate surface area is 210 Å². The maximum Gasteiger partial charge on any atom is 0.338 e. The molecule has 0 fully saturated rings. The molecule has 0 spiro atoms. The van der Waals surface area contributed by atoms with Crippen molar-refractivity contribution in [3.8, 4) is 22.3 Å². The molecule has 0 unspecified atom stereocenters. The zero-order chi connectivity index (χ0) is 25.1. The van der Waals surface area contributed by atoms with Crippen molar-refractivity contribution in [1.29, 1.82) is 0 Å². The van der Waals surface area contributed by atoms with Crippen LogP contribution in [-0.4, -0.2) is 55.1 Å². The number of benzene rings is 3. The molecule has 0 saturated carbocycles. The van der Waals surface area contributed by atoms with E-state index in [1.54, 1.807) is 0 Å². The van der Waals surface area contributed by atoms with E-state index in [0.717, 1.165) is 62.8 Å². The van der Waals surface area contributed by atoms with Gasteiger partial charge >= 0.3 is 5.97 Å². The summed E-state index contributed by atoms with van der Waals surface area (Å²) in [5, 5.41) is 5.43. The minimum absolute atomic E-state index is 0.298. The first kappa shape index (κ1) is 23.6. The zero-order valence-corrected chi connectivity index (χ0v) is 20.8. The highest BCUT2D eigenvalue weighted by Crippen LogP contribution is 2.41. The van der Waals surface area contributed by atoms with Gasteiger partial charge in [0.2, 0.25) is 0 Å². The summed E-state index contributed by atoms with van der Waals surface area (Å²) in [4.78, 5) is 22.8. The number of carbonyl (C=O) groups excluding carboxylic acids is 1. The Morgan fingerprint density at radius 1 is 1.00 bits per heavy atom. The number of nitrogens with zero attached hydrogens (tertiary/aromatic N) is 2. The van der Waals surface area contributed by atoms with Gasteiger partial charge in [0.15, 0.2) is 0 Å². The number of pyridine rings is 1. The molecule has 5 aromatic rings. The zero-order valence-electron chi connectivity index (χ0n) is 20.8. The van der Waals surface area contributed by atoms with Crippen LogP contribution >= 0.6 is 0 Å². The third-order valence-corrected chi connectivity index (χ3v) is 6.39. The highest BCUT2D eigenvalue weighted by molar-refractivity contribution is 6.16. The van der Waals surface area contributed by atoms with E-state index in [4.69, 9.17) is 9.72 Å². The molecule has 0 aliphatic heterocycles. The van der Waals surface area contributed by atoms with Gasteiger partial charge in [0.05, 0.1) is 12.2 Å². The van der Waals surface area contributed by atoms with Crippen LogP contribution in [0.2, 0.25) is 0 Å². The van der Waals surface area contributed by atoms with Gasteiger partial charge in [0, 0.05) is 52.9 Å². The van der Waals surface area contributed by atoms with E-state index in [1.165, 1.54) is 0 Å². The van der Waals surface area contributed by atoms with E-state index in [0.29, 0.717) is 12.2 Å². The summed E-state index contributed by atoms with van der Waals surface area (Å²) in [6.07, 6.45) is 2.72. The standard InChI is InChI=1S/C30H30N4O2/c1-31-23-14-15-26-24(18-23)28-27(21-8-5-4-6-9-21)25(19-32-29(28)33-26)20-10-12-22(13-11-20)30(35)36-17-7-16-34(2)3/h4-6,8-15,18-19,31H,7,16-17H2,1-3H3,(H,32,33). The maximum absolute atomic E-state index is 12.5. The number of H-pyrrole nitrogens is 1. The third-order valence-electron chi connectivity index (χ3n) is 6.39. The molecule has 2 N–H and O–H groups in total. The van der Waals surface area contributed by atoms with Crippen LogP contribution in [0, 0.1) is 0 Å². The van der Waals surface area contributed by atoms with Crippen molar-refractivity contribution in [2.24, 2.45) is 0 Å². The molecule has 2 heterocycles. The summed E-state index contributed by atoms with van der Waals surface area (Å²) >= 11 is 0. The average molecular weight is 479 g/mol. The van der Waals surface area contributed by atoms with E-state index in [1.807, 2.05) is 57.7 Å². The number of fused-ring (bicyclic) bond motifs is 3. The Hall–Kier alpha value is -4.16. The Bertz CT molecular complexity index is 1510. The number of aromatic nitrogens is 2. The molecule has 2 aromatic heterocycles. The number of carbonyl (C=O) groups is 1. The molecule has 0 amide bonds. The van der Waals surface area contributed by atoms with E-state index in [9.17, 15) is 4.79 Å². The fourth-order valence-electron chi connectivity index (χ4n) is 4.55. The quantitative estimate of drug-likeness (QED) is 0.205. The van der Waals surface area contributed by atoms with Crippen molar-refractivity contribution in [2.45, 2.75) is 6.42 Å². The van der Waals surface area contributed by atoms with Gasteiger partial charge in [-0.05, 0) is 62.0 Å². The van der Waals surface area contributed by atoms with E-state index in [-0.39, 0.29) is 5.97 Å². The van der Waals surface area contributed by atoms with Crippen molar-refractivity contribution < 1.29 is 9.53 Å². The number of hydrogen-bond acceptors (Lipinski definition) is 5. The maximum atomic E-state index is 12.5. The molecule has 5 rings (SSSR count). The second kappa shape index (κ2) is 10.2. The Morgan fingerprint density at radius 2 is 1.78 bits per heavy atom. The predicted molar refractivity (Wildman–Crippen MR) is 147 cm³/mol. The van der Waals surface area contributed by atoms with Gasteiger partial charge < -0.3 is 19.9 Å². The summed E-state index contributed by atoms with van der Waals surface area (Å²) in [5.74, 6) is -0.298. The van der Waals surface area contributed by atoms with Crippen LogP contribution in [0.15, 0.2) is 79.0 Å². The first-order chi connectivity index (χ1) is 17.5. The summed E-state index contributed by atoms with van der Waals surface area (Å²) in [6, 6.07) is 24.3. The van der Waals surface area contributed by atoms with E-state index in [2.05, 4.69) is 57.7 Å². The van der Waals surface area contributed by atoms with Crippen molar-refractivity contribution in [3.05, 3.63) is 84.6 Å². The topological polar surface area (TPSA) is 70.2 Å². The van der Waals surface area contributed by atoms with Crippen LogP contribution in [0.3, 0.4) is 0 Å². The average Bonchev–Trinajstić information content (AvgIpc) is 3.28. The summed E-state index contributed by atoms with van der Waals surface area (Å²) in [5.41, 5.74) is 7.70. The lowest BCUT2D eigenvalue weighted by Gasteiger charge is -2.13. The minimum Gasteiger partial charge on any atom is -0.462 e. The molecule has 0 atom stereocenters. The third kappa shape index (κ3) is 4.68. The number of ether oxygens (including phenoxy) is 1. The fourth-order valence-corrected chi connectivity index (χ4v) is 4.55. The Balaban J connectivity index is 1.57. The number of nitrogens with one attached hydrogen (secondary N) is 2. The lowest BCUT2D eigenvalue weighted by atomic mass is 9.92. The van der Waals surface area contributed by atoms with Gasteiger partial charge in [0.25, 0.3) is 0 Å². The van der Waals surface area contributed by atoms with Crippen molar-refractivity contribution in [3.63, 3.8) is 0 Å². The predicted octanol–water partition coefficient (Wildman–Crippen LogP) is 6.20. The molecule has 0 aliphatic carbocycles. The molecule has 36 heavy (non-hydrogen) atoms. The number of anilines is 1. The molecule has 6 heteroatoms. The number of aromatic amines is 1. The molecule has 0 aliphatic rings. The lowest BCUT2D eigenvalue weighted by molar-refractivity contribution is 0.0493. The van der Waals surface area contributed by atoms with Gasteiger partial charge in [-0.1, -0.05) is 42.5 Å². The van der Waals surface area contributed by atoms with Gasteiger partial charge in [-0.2, -0.15) is 0 Å². The van der Waals surface area contributed by atoms with Crippen LogP contribution in [0.4, 0.5) is 5.69 Å². The highest BCUT2D eigenvalue weighted by atomic mass is 16.5. The largest absolute Gasteiger partial charge is 0.462 e. The van der Waals surface area contributed by atoms with Gasteiger partial charge in [-0.3, -0.25) is 0 Å². The minimum atomic E-state index is -0.298. The molecule has 3 aromatic carbocycles. The van der Waals surface area contributed by atoms with Crippen molar-refractivity contribution in [1.82, 2.24) is 14.9 Å². The van der Waals surface area contributed by atoms with Crippen LogP contribution < -0.4 is 5.32 Å². The second-order valence-corrected chi connectivity index (χ2v) is 9.14. The van der Waals surface area contributed by atoms with E-state index >= 15 is 0 Å². The van der Waals surface area contributed by atoms with Crippen molar-refractivity contribution >= 4 is 33.6 Å². The second-order valence-electron chi connectivity index (χ2n) is 9.14. The summed E-state index contributed by atoms with van der Waals surface area (Å²) < 4.78 is 5.45. The Kier molecular flexibility index (Phi) is 6.69. The lowest BCUT2D eigenvalue weighted by Crippen LogP contribution is -2.16. The van der Waals surface area contributed by atoms with Gasteiger partial charge in [-0.15, -0.1) is 0 Å². The molecular weight excluding hydrogens is 448 g/mol. The molecule has 0 bridgehead atoms. The SMILES string of the molecule is CNc1ccc2[nH]c3ncc(-c4ccc(C(=O)OCCCN(C)C)cc4)c(-c4ccccc4)c3c2c1. The first-order valence-electron chi connectivity index (χ1n) is 12.1. The number of hydrogen-bond donors (Lipinski definition) is 2. The fraction of sp³-hybridized carbons (Fsp3) is 0.200. The first-order valence-corrected chi connectivity index (χ1v) is 12.1. The highest BCUT2D eigenvalue weighted by Gasteiger charge is 2.18. The normalized spacial score (nSPS) is 11.3. The monoisotopic (exact) mass is 478 g/mol. The van der Waals surface area contributed by atoms with E-state index < -0.39 is 0 Å². The van der Waals surface area contributed by atoms with Crippen molar-refractivity contribution in [2.75, 3.05) is 39.6 Å². The molecule has 0 saturated heterocycles. The van der Waals surface area contributed by atoms with Gasteiger partial charge in [-0.25, -0.2) is 9.78 Å². The smallest absolute Gasteiger partial charge is 0.338 e. The molecular formula is C30H30N4O2. The van der Waals surface area contributed by atoms with Crippen LogP contribution in [0.1, 0.15) is 16.8 Å². The molecule has 182 valence electrons. The van der Waals surface area contributed by atoms with Crippen LogP contribution in [0.5, 0.6) is 0 Å². The van der Waals surface area contributed by atoms with Crippen LogP contribution in [-0.2, 0) is 4.74 Å². The summed E-state index contributed by atoms with van der Waals surface area (Å²) in [6.45, 7) is 1.29. The number of rotatable bonds is 8. The molecule has 6 nitrogen and oxygen atoms in total. The number of esters is 1. The van der Waals surface area contributed by atoms with Crippen LogP contribution in [0.25, 0.3) is 44.2 Å².